The fourth-order valence-corrected chi connectivity index (χ4v) is 5.38. The molecule has 0 bridgehead atoms. The first-order valence-corrected chi connectivity index (χ1v) is 9.78. The summed E-state index contributed by atoms with van der Waals surface area (Å²) in [6.45, 7) is 0.464. The summed E-state index contributed by atoms with van der Waals surface area (Å²) in [6, 6.07) is 5.69. The summed E-state index contributed by atoms with van der Waals surface area (Å²) in [5, 5.41) is 0.843. The van der Waals surface area contributed by atoms with Gasteiger partial charge >= 0.3 is 0 Å². The van der Waals surface area contributed by atoms with Crippen molar-refractivity contribution in [3.05, 3.63) is 27.5 Å². The van der Waals surface area contributed by atoms with E-state index in [1.54, 1.807) is 4.90 Å². The average molecular weight is 389 g/mol. The normalized spacial score (nSPS) is 18.0. The van der Waals surface area contributed by atoms with E-state index in [0.29, 0.717) is 10.6 Å². The van der Waals surface area contributed by atoms with Crippen molar-refractivity contribution in [2.75, 3.05) is 30.3 Å². The molecule has 0 aliphatic carbocycles. The number of thiophene rings is 1. The molecule has 1 aliphatic heterocycles. The second-order valence-corrected chi connectivity index (χ2v) is 9.11. The molecule has 2 N–H and O–H groups in total. The first-order chi connectivity index (χ1) is 9.89. The number of nitrogens with two attached hydrogens (primary N) is 1. The monoisotopic (exact) mass is 388 g/mol. The maximum atomic E-state index is 12.6. The summed E-state index contributed by atoms with van der Waals surface area (Å²) in [5.41, 5.74) is 6.57. The van der Waals surface area contributed by atoms with Crippen molar-refractivity contribution in [2.45, 2.75) is 0 Å². The van der Waals surface area contributed by atoms with E-state index in [9.17, 15) is 13.2 Å². The Kier molecular flexibility index (Phi) is 3.71. The molecule has 5 nitrogen and oxygen atoms in total. The van der Waals surface area contributed by atoms with Crippen molar-refractivity contribution >= 4 is 58.8 Å². The Bertz CT molecular complexity index is 815. The standard InChI is InChI=1S/C13H13BrN2O3S2/c14-8-2-1-3-9-10(8)11(15)12(20-9)13(17)16-4-6-21(18,19)7-5-16/h1-3H,4-7,15H2. The van der Waals surface area contributed by atoms with Gasteiger partial charge in [0.05, 0.1) is 17.2 Å². The van der Waals surface area contributed by atoms with E-state index in [1.807, 2.05) is 18.2 Å². The summed E-state index contributed by atoms with van der Waals surface area (Å²) >= 11 is 4.79. The van der Waals surface area contributed by atoms with Crippen LogP contribution in [0.25, 0.3) is 10.1 Å². The van der Waals surface area contributed by atoms with Crippen LogP contribution in [-0.4, -0.2) is 43.8 Å². The summed E-state index contributed by atoms with van der Waals surface area (Å²) in [6.07, 6.45) is 0. The molecule has 2 heterocycles. The van der Waals surface area contributed by atoms with Crippen LogP contribution in [0.1, 0.15) is 9.67 Å². The molecule has 0 spiro atoms. The molecule has 3 rings (SSSR count). The van der Waals surface area contributed by atoms with Gasteiger partial charge in [-0.1, -0.05) is 22.0 Å². The zero-order valence-electron chi connectivity index (χ0n) is 11.0. The van der Waals surface area contributed by atoms with Crippen molar-refractivity contribution in [1.29, 1.82) is 0 Å². The molecule has 1 fully saturated rings. The lowest BCUT2D eigenvalue weighted by atomic mass is 10.2. The Morgan fingerprint density at radius 2 is 1.95 bits per heavy atom. The number of fused-ring (bicyclic) bond motifs is 1. The maximum Gasteiger partial charge on any atom is 0.266 e. The molecule has 1 aromatic carbocycles. The molecule has 8 heteroatoms. The van der Waals surface area contributed by atoms with Crippen molar-refractivity contribution < 1.29 is 13.2 Å². The van der Waals surface area contributed by atoms with Crippen molar-refractivity contribution in [2.24, 2.45) is 0 Å². The predicted molar refractivity (Wildman–Crippen MR) is 88.5 cm³/mol. The molecule has 0 radical (unpaired) electrons. The Hall–Kier alpha value is -1.12. The fraction of sp³-hybridized carbons (Fsp3) is 0.308. The minimum absolute atomic E-state index is 0.0211. The quantitative estimate of drug-likeness (QED) is 0.810. The number of halogens is 1. The Balaban J connectivity index is 1.96. The van der Waals surface area contributed by atoms with E-state index in [-0.39, 0.29) is 30.5 Å². The molecular weight excluding hydrogens is 376 g/mol. The molecule has 21 heavy (non-hydrogen) atoms. The molecule has 1 saturated heterocycles. The summed E-state index contributed by atoms with van der Waals surface area (Å²) in [5.74, 6) is -0.143. The summed E-state index contributed by atoms with van der Waals surface area (Å²) in [7, 11) is -3.00. The number of nitrogen functional groups attached to an aromatic ring is 1. The second kappa shape index (κ2) is 5.26. The third-order valence-electron chi connectivity index (χ3n) is 3.53. The van der Waals surface area contributed by atoms with E-state index in [4.69, 9.17) is 5.73 Å². The van der Waals surface area contributed by atoms with E-state index in [1.165, 1.54) is 11.3 Å². The zero-order chi connectivity index (χ0) is 15.2. The number of rotatable bonds is 1. The van der Waals surface area contributed by atoms with E-state index in [0.717, 1.165) is 14.6 Å². The lowest BCUT2D eigenvalue weighted by Gasteiger charge is -2.26. The predicted octanol–water partition coefficient (Wildman–Crippen LogP) is 2.12. The fourth-order valence-electron chi connectivity index (χ4n) is 2.35. The highest BCUT2D eigenvalue weighted by Crippen LogP contribution is 2.38. The van der Waals surface area contributed by atoms with E-state index < -0.39 is 9.84 Å². The summed E-state index contributed by atoms with van der Waals surface area (Å²) < 4.78 is 24.7. The molecule has 0 saturated carbocycles. The minimum Gasteiger partial charge on any atom is -0.397 e. The van der Waals surface area contributed by atoms with Gasteiger partial charge in [-0.25, -0.2) is 8.42 Å². The lowest BCUT2D eigenvalue weighted by Crippen LogP contribution is -2.43. The number of carbonyl (C=O) groups is 1. The molecule has 112 valence electrons. The van der Waals surface area contributed by atoms with Crippen molar-refractivity contribution in [3.8, 4) is 0 Å². The van der Waals surface area contributed by atoms with Gasteiger partial charge in [0, 0.05) is 27.6 Å². The Morgan fingerprint density at radius 1 is 1.29 bits per heavy atom. The molecule has 2 aromatic rings. The van der Waals surface area contributed by atoms with Crippen LogP contribution in [0.15, 0.2) is 22.7 Å². The first-order valence-electron chi connectivity index (χ1n) is 6.35. The van der Waals surface area contributed by atoms with Gasteiger partial charge in [-0.05, 0) is 12.1 Å². The Labute approximate surface area is 134 Å². The number of anilines is 1. The van der Waals surface area contributed by atoms with Crippen LogP contribution in [0.4, 0.5) is 5.69 Å². The molecule has 1 aliphatic rings. The average Bonchev–Trinajstić information content (AvgIpc) is 2.77. The number of nitrogens with zero attached hydrogens (tertiary/aromatic N) is 1. The number of carbonyl (C=O) groups excluding carboxylic acids is 1. The third kappa shape index (κ3) is 2.67. The van der Waals surface area contributed by atoms with Crippen LogP contribution in [0, 0.1) is 0 Å². The van der Waals surface area contributed by atoms with Crippen molar-refractivity contribution in [1.82, 2.24) is 4.90 Å². The van der Waals surface area contributed by atoms with Gasteiger partial charge in [0.1, 0.15) is 4.88 Å². The molecular formula is C13H13BrN2O3S2. The number of benzene rings is 1. The van der Waals surface area contributed by atoms with Gasteiger partial charge in [0.2, 0.25) is 0 Å². The van der Waals surface area contributed by atoms with Crippen LogP contribution in [-0.2, 0) is 9.84 Å². The summed E-state index contributed by atoms with van der Waals surface area (Å²) in [4.78, 5) is 14.6. The van der Waals surface area contributed by atoms with Crippen LogP contribution in [0.3, 0.4) is 0 Å². The van der Waals surface area contributed by atoms with E-state index >= 15 is 0 Å². The van der Waals surface area contributed by atoms with Gasteiger partial charge in [0.25, 0.3) is 5.91 Å². The lowest BCUT2D eigenvalue weighted by molar-refractivity contribution is 0.0776. The number of hydrogen-bond acceptors (Lipinski definition) is 5. The van der Waals surface area contributed by atoms with Gasteiger partial charge in [-0.2, -0.15) is 0 Å². The van der Waals surface area contributed by atoms with Crippen LogP contribution < -0.4 is 5.73 Å². The second-order valence-electron chi connectivity index (χ2n) is 4.90. The number of amides is 1. The van der Waals surface area contributed by atoms with E-state index in [2.05, 4.69) is 15.9 Å². The third-order valence-corrected chi connectivity index (χ3v) is 6.96. The topological polar surface area (TPSA) is 80.5 Å². The molecule has 0 atom stereocenters. The number of hydrogen-bond donors (Lipinski definition) is 1. The minimum atomic E-state index is -3.00. The van der Waals surface area contributed by atoms with Gasteiger partial charge in [-0.3, -0.25) is 4.79 Å². The maximum absolute atomic E-state index is 12.6. The smallest absolute Gasteiger partial charge is 0.266 e. The molecule has 0 unspecified atom stereocenters. The number of sulfone groups is 1. The van der Waals surface area contributed by atoms with Crippen molar-refractivity contribution in [3.63, 3.8) is 0 Å². The largest absolute Gasteiger partial charge is 0.397 e. The van der Waals surface area contributed by atoms with Gasteiger partial charge < -0.3 is 10.6 Å². The molecule has 1 aromatic heterocycles. The van der Waals surface area contributed by atoms with Crippen LogP contribution in [0.5, 0.6) is 0 Å². The highest BCUT2D eigenvalue weighted by molar-refractivity contribution is 9.10. The van der Waals surface area contributed by atoms with Crippen LogP contribution >= 0.6 is 27.3 Å². The van der Waals surface area contributed by atoms with Gasteiger partial charge in [-0.15, -0.1) is 11.3 Å². The zero-order valence-corrected chi connectivity index (χ0v) is 14.2. The first kappa shape index (κ1) is 14.8. The highest BCUT2D eigenvalue weighted by Gasteiger charge is 2.28. The highest BCUT2D eigenvalue weighted by atomic mass is 79.9. The SMILES string of the molecule is Nc1c(C(=O)N2CCS(=O)(=O)CC2)sc2cccc(Br)c12. The molecule has 1 amide bonds. The van der Waals surface area contributed by atoms with Crippen LogP contribution in [0.2, 0.25) is 0 Å². The Morgan fingerprint density at radius 3 is 2.57 bits per heavy atom. The van der Waals surface area contributed by atoms with Gasteiger partial charge in [0.15, 0.2) is 9.84 Å².